The Morgan fingerprint density at radius 1 is 1.16 bits per heavy atom. The van der Waals surface area contributed by atoms with Crippen LogP contribution in [0, 0.1) is 5.92 Å². The van der Waals surface area contributed by atoms with Gasteiger partial charge >= 0.3 is 6.18 Å². The number of carbonyl (C=O) groups excluding carboxylic acids is 1. The maximum absolute atomic E-state index is 12.3. The van der Waals surface area contributed by atoms with Gasteiger partial charge in [-0.05, 0) is 50.6 Å². The van der Waals surface area contributed by atoms with Crippen LogP contribution in [0.15, 0.2) is 12.3 Å². The minimum Gasteiger partial charge on any atom is -0.489 e. The molecule has 1 amide bonds. The third kappa shape index (κ3) is 6.02. The average molecular weight is 441 g/mol. The fourth-order valence-corrected chi connectivity index (χ4v) is 4.92. The number of fused-ring (bicyclic) bond motifs is 1. The molecule has 9 heteroatoms. The first-order valence-corrected chi connectivity index (χ1v) is 11.3. The number of carbonyl (C=O) groups is 1. The highest BCUT2D eigenvalue weighted by atomic mass is 19.4. The first-order chi connectivity index (χ1) is 14.9. The van der Waals surface area contributed by atoms with E-state index in [1.807, 2.05) is 12.3 Å². The van der Waals surface area contributed by atoms with Crippen LogP contribution in [-0.4, -0.2) is 67.3 Å². The number of nitrogens with zero attached hydrogens (tertiary/aromatic N) is 3. The number of hydrogen-bond acceptors (Lipinski definition) is 5. The highest BCUT2D eigenvalue weighted by molar-refractivity contribution is 5.76. The molecular formula is C22H31F3N4O2. The molecule has 1 aliphatic carbocycles. The number of ether oxygens (including phenoxy) is 1. The summed E-state index contributed by atoms with van der Waals surface area (Å²) in [5.74, 6) is 1.61. The van der Waals surface area contributed by atoms with Gasteiger partial charge in [0, 0.05) is 50.4 Å². The lowest BCUT2D eigenvalue weighted by Crippen LogP contribution is -2.47. The Kier molecular flexibility index (Phi) is 6.89. The van der Waals surface area contributed by atoms with Crippen LogP contribution in [0.2, 0.25) is 0 Å². The molecule has 6 nitrogen and oxygen atoms in total. The van der Waals surface area contributed by atoms with Gasteiger partial charge in [0.15, 0.2) is 11.6 Å². The van der Waals surface area contributed by atoms with E-state index >= 15 is 0 Å². The van der Waals surface area contributed by atoms with Crippen LogP contribution in [0.1, 0.15) is 44.1 Å². The van der Waals surface area contributed by atoms with E-state index in [9.17, 15) is 18.0 Å². The number of hydrogen-bond donors (Lipinski definition) is 1. The molecule has 3 heterocycles. The third-order valence-corrected chi connectivity index (χ3v) is 6.68. The van der Waals surface area contributed by atoms with E-state index in [1.165, 1.54) is 5.56 Å². The zero-order valence-corrected chi connectivity index (χ0v) is 17.8. The van der Waals surface area contributed by atoms with Crippen LogP contribution >= 0.6 is 0 Å². The summed E-state index contributed by atoms with van der Waals surface area (Å²) in [6, 6.07) is 1.93. The van der Waals surface area contributed by atoms with E-state index in [0.29, 0.717) is 5.92 Å². The number of halogens is 3. The van der Waals surface area contributed by atoms with Crippen molar-refractivity contribution in [2.45, 2.75) is 57.2 Å². The lowest BCUT2D eigenvalue weighted by Gasteiger charge is -2.37. The number of nitrogens with one attached hydrogen (secondary N) is 1. The van der Waals surface area contributed by atoms with E-state index in [2.05, 4.69) is 20.1 Å². The van der Waals surface area contributed by atoms with Gasteiger partial charge < -0.3 is 15.0 Å². The van der Waals surface area contributed by atoms with Crippen molar-refractivity contribution in [2.75, 3.05) is 44.2 Å². The van der Waals surface area contributed by atoms with Crippen molar-refractivity contribution in [1.29, 1.82) is 0 Å². The summed E-state index contributed by atoms with van der Waals surface area (Å²) in [6.45, 7) is 5.64. The molecule has 31 heavy (non-hydrogen) atoms. The molecule has 0 bridgehead atoms. The molecule has 0 aromatic carbocycles. The van der Waals surface area contributed by atoms with E-state index in [0.717, 1.165) is 89.4 Å². The highest BCUT2D eigenvalue weighted by Crippen LogP contribution is 2.34. The van der Waals surface area contributed by atoms with Gasteiger partial charge in [0.25, 0.3) is 0 Å². The third-order valence-electron chi connectivity index (χ3n) is 6.68. The summed E-state index contributed by atoms with van der Waals surface area (Å²) in [6.07, 6.45) is 1.59. The van der Waals surface area contributed by atoms with Crippen molar-refractivity contribution in [3.63, 3.8) is 0 Å². The quantitative estimate of drug-likeness (QED) is 0.737. The first kappa shape index (κ1) is 22.2. The maximum Gasteiger partial charge on any atom is 0.397 e. The number of pyridine rings is 1. The fourth-order valence-electron chi connectivity index (χ4n) is 4.92. The van der Waals surface area contributed by atoms with Crippen molar-refractivity contribution in [3.8, 4) is 5.75 Å². The second kappa shape index (κ2) is 9.63. The largest absolute Gasteiger partial charge is 0.489 e. The smallest absolute Gasteiger partial charge is 0.397 e. The van der Waals surface area contributed by atoms with Gasteiger partial charge in [-0.25, -0.2) is 4.98 Å². The van der Waals surface area contributed by atoms with E-state index in [4.69, 9.17) is 4.74 Å². The normalized spacial score (nSPS) is 24.5. The number of alkyl halides is 3. The van der Waals surface area contributed by atoms with Crippen LogP contribution in [0.25, 0.3) is 0 Å². The Morgan fingerprint density at radius 2 is 1.90 bits per heavy atom. The van der Waals surface area contributed by atoms with Gasteiger partial charge in [-0.15, -0.1) is 0 Å². The molecule has 0 unspecified atom stereocenters. The molecule has 4 rings (SSSR count). The number of anilines is 1. The Labute approximate surface area is 181 Å². The summed E-state index contributed by atoms with van der Waals surface area (Å²) in [5, 5.41) is 2.55. The van der Waals surface area contributed by atoms with Crippen LogP contribution in [0.3, 0.4) is 0 Å². The molecule has 1 aromatic heterocycles. The molecular weight excluding hydrogens is 409 g/mol. The van der Waals surface area contributed by atoms with Crippen LogP contribution in [0.4, 0.5) is 19.0 Å². The summed E-state index contributed by atoms with van der Waals surface area (Å²) >= 11 is 0. The summed E-state index contributed by atoms with van der Waals surface area (Å²) in [5.41, 5.74) is 1.25. The van der Waals surface area contributed by atoms with Crippen molar-refractivity contribution < 1.29 is 22.7 Å². The number of piperazine rings is 1. The average Bonchev–Trinajstić information content (AvgIpc) is 3.21. The lowest BCUT2D eigenvalue weighted by atomic mass is 9.84. The van der Waals surface area contributed by atoms with Crippen molar-refractivity contribution >= 4 is 11.7 Å². The predicted octanol–water partition coefficient (Wildman–Crippen LogP) is 3.16. The molecule has 1 saturated heterocycles. The monoisotopic (exact) mass is 440 g/mol. The highest BCUT2D eigenvalue weighted by Gasteiger charge is 2.33. The van der Waals surface area contributed by atoms with Crippen LogP contribution < -0.4 is 15.0 Å². The van der Waals surface area contributed by atoms with Gasteiger partial charge in [-0.3, -0.25) is 9.69 Å². The predicted molar refractivity (Wildman–Crippen MR) is 111 cm³/mol. The SMILES string of the molecule is O=C(CC(F)(F)F)NC1CCC(CCN2CCN(c3nccc4c3OCC4)CC2)CC1. The second-order valence-electron chi connectivity index (χ2n) is 8.92. The summed E-state index contributed by atoms with van der Waals surface area (Å²) in [4.78, 5) is 20.8. The van der Waals surface area contributed by atoms with Crippen molar-refractivity contribution in [1.82, 2.24) is 15.2 Å². The molecule has 1 saturated carbocycles. The number of amides is 1. The van der Waals surface area contributed by atoms with Crippen molar-refractivity contribution in [2.24, 2.45) is 5.92 Å². The zero-order valence-electron chi connectivity index (χ0n) is 17.8. The first-order valence-electron chi connectivity index (χ1n) is 11.3. The Balaban J connectivity index is 1.15. The number of rotatable bonds is 6. The Bertz CT molecular complexity index is 758. The van der Waals surface area contributed by atoms with Gasteiger partial charge in [0.05, 0.1) is 6.61 Å². The molecule has 3 aliphatic rings. The molecule has 0 spiro atoms. The second-order valence-corrected chi connectivity index (χ2v) is 8.92. The standard InChI is InChI=1S/C22H31F3N4O2/c23-22(24,25)15-19(30)27-18-3-1-16(2-4-18)6-9-28-10-12-29(13-11-28)21-20-17(5-8-26-21)7-14-31-20/h5,8,16,18H,1-4,6-7,9-15H2,(H,27,30). The van der Waals surface area contributed by atoms with E-state index in [-0.39, 0.29) is 6.04 Å². The van der Waals surface area contributed by atoms with Crippen LogP contribution in [-0.2, 0) is 11.2 Å². The maximum atomic E-state index is 12.3. The molecule has 172 valence electrons. The number of aromatic nitrogens is 1. The summed E-state index contributed by atoms with van der Waals surface area (Å²) < 4.78 is 42.7. The molecule has 0 radical (unpaired) electrons. The minimum absolute atomic E-state index is 0.114. The fraction of sp³-hybridized carbons (Fsp3) is 0.727. The molecule has 1 aromatic rings. The van der Waals surface area contributed by atoms with Gasteiger partial charge in [0.1, 0.15) is 6.42 Å². The van der Waals surface area contributed by atoms with Gasteiger partial charge in [-0.2, -0.15) is 13.2 Å². The summed E-state index contributed by atoms with van der Waals surface area (Å²) in [7, 11) is 0. The van der Waals surface area contributed by atoms with Crippen LogP contribution in [0.5, 0.6) is 5.75 Å². The molecule has 2 aliphatic heterocycles. The molecule has 2 fully saturated rings. The van der Waals surface area contributed by atoms with E-state index < -0.39 is 18.5 Å². The Hall–Kier alpha value is -2.03. The van der Waals surface area contributed by atoms with Gasteiger partial charge in [0.2, 0.25) is 5.91 Å². The van der Waals surface area contributed by atoms with E-state index in [1.54, 1.807) is 0 Å². The van der Waals surface area contributed by atoms with Crippen molar-refractivity contribution in [3.05, 3.63) is 17.8 Å². The molecule has 0 atom stereocenters. The zero-order chi connectivity index (χ0) is 21.8. The topological polar surface area (TPSA) is 57.7 Å². The Morgan fingerprint density at radius 3 is 2.61 bits per heavy atom. The molecule has 1 N–H and O–H groups in total. The minimum atomic E-state index is -4.44. The van der Waals surface area contributed by atoms with Gasteiger partial charge in [-0.1, -0.05) is 0 Å². The lowest BCUT2D eigenvalue weighted by molar-refractivity contribution is -0.154.